The van der Waals surface area contributed by atoms with Crippen molar-refractivity contribution in [2.45, 2.75) is 76.2 Å². The lowest BCUT2D eigenvalue weighted by Gasteiger charge is -2.39. The maximum absolute atomic E-state index is 13.4. The Morgan fingerprint density at radius 3 is 2.21 bits per heavy atom. The predicted molar refractivity (Wildman–Crippen MR) is 218 cm³/mol. The Balaban J connectivity index is 1.04. The number of aliphatic hydroxyl groups is 2. The predicted octanol–water partition coefficient (Wildman–Crippen LogP) is 7.00. The molecule has 1 unspecified atom stereocenters. The van der Waals surface area contributed by atoms with E-state index in [1.807, 2.05) is 147 Å². The zero-order valence-electron chi connectivity index (χ0n) is 32.6. The third kappa shape index (κ3) is 9.70. The largest absolute Gasteiger partial charge is 0.445 e. The minimum atomic E-state index is -1.00. The summed E-state index contributed by atoms with van der Waals surface area (Å²) in [6, 6.07) is 40.9. The number of likely N-dealkylation sites (N-methyl/N-ethyl adjacent to an activating group) is 1. The van der Waals surface area contributed by atoms with E-state index in [0.29, 0.717) is 13.0 Å². The number of rotatable bonds is 14. The van der Waals surface area contributed by atoms with Crippen LogP contribution in [0.1, 0.15) is 71.6 Å². The molecule has 5 aromatic rings. The van der Waals surface area contributed by atoms with Crippen molar-refractivity contribution in [1.29, 1.82) is 0 Å². The van der Waals surface area contributed by atoms with Gasteiger partial charge in [-0.3, -0.25) is 19.4 Å². The Kier molecular flexibility index (Phi) is 13.1. The van der Waals surface area contributed by atoms with Gasteiger partial charge in [-0.15, -0.1) is 0 Å². The molecule has 7 rings (SSSR count). The van der Waals surface area contributed by atoms with Gasteiger partial charge in [0.1, 0.15) is 12.6 Å². The fourth-order valence-electron chi connectivity index (χ4n) is 7.49. The number of carbonyl (C=O) groups is 3. The lowest BCUT2D eigenvalue weighted by Crippen LogP contribution is -2.43. The lowest BCUT2D eigenvalue weighted by atomic mass is 9.97. The molecule has 6 atom stereocenters. The summed E-state index contributed by atoms with van der Waals surface area (Å²) in [6.45, 7) is 2.61. The first-order valence-corrected chi connectivity index (χ1v) is 19.6. The molecule has 11 heteroatoms. The standard InChI is InChI=1S/C47H49N3O8/c1-31(44(53)36-13-7-4-8-14-36)49(2)28-39-25-42(35-19-17-32(29-51)18-20-35)58-46(57-39)37-23-21-34(22-24-37)40-16-10-9-15-38(40)27-50-43(52)26-41(45(50)54)48-47(55)56-30-33-11-5-3-6-12-33/h3-24,31,39,41-42,44,46,51,53H,25-30H2,1-2H3,(H,48,55)/t31-,39+,41?,42-,44-,46-/m0/s1. The quantitative estimate of drug-likeness (QED) is 0.102. The highest BCUT2D eigenvalue weighted by molar-refractivity contribution is 6.06. The van der Waals surface area contributed by atoms with Gasteiger partial charge in [0.05, 0.1) is 37.9 Å². The minimum absolute atomic E-state index is 0.0452. The molecule has 2 fully saturated rings. The summed E-state index contributed by atoms with van der Waals surface area (Å²) in [5.41, 5.74) is 6.79. The number of hydrogen-bond donors (Lipinski definition) is 3. The highest BCUT2D eigenvalue weighted by Crippen LogP contribution is 2.39. The summed E-state index contributed by atoms with van der Waals surface area (Å²) in [6.07, 6.45) is -2.17. The fourth-order valence-corrected chi connectivity index (χ4v) is 7.49. The Morgan fingerprint density at radius 2 is 1.50 bits per heavy atom. The van der Waals surface area contributed by atoms with Crippen molar-refractivity contribution in [2.75, 3.05) is 13.6 Å². The number of aliphatic hydroxyl groups excluding tert-OH is 2. The van der Waals surface area contributed by atoms with Crippen molar-refractivity contribution in [3.05, 3.63) is 167 Å². The van der Waals surface area contributed by atoms with Gasteiger partial charge in [-0.05, 0) is 52.9 Å². The van der Waals surface area contributed by atoms with E-state index < -0.39 is 30.4 Å². The van der Waals surface area contributed by atoms with E-state index in [4.69, 9.17) is 14.2 Å². The number of amides is 3. The van der Waals surface area contributed by atoms with Crippen molar-refractivity contribution in [1.82, 2.24) is 15.1 Å². The van der Waals surface area contributed by atoms with Crippen molar-refractivity contribution < 1.29 is 38.8 Å². The molecule has 0 aliphatic carbocycles. The maximum Gasteiger partial charge on any atom is 0.408 e. The third-order valence-electron chi connectivity index (χ3n) is 11.0. The number of alkyl carbamates (subject to hydrolysis) is 1. The molecule has 3 amide bonds. The number of benzene rings is 5. The van der Waals surface area contributed by atoms with Gasteiger partial charge in [0.2, 0.25) is 5.91 Å². The molecule has 0 radical (unpaired) electrons. The van der Waals surface area contributed by atoms with Crippen LogP contribution in [0, 0.1) is 0 Å². The normalized spacial score (nSPS) is 20.5. The SMILES string of the molecule is C[C@@H]([C@H](O)c1ccccc1)N(C)C[C@H]1C[C@@H](c2ccc(CO)cc2)O[C@@H](c2ccc(-c3ccccc3CN3C(=O)CC(NC(=O)OCc4ccccc4)C3=O)cc2)O1. The summed E-state index contributed by atoms with van der Waals surface area (Å²) in [5, 5.41) is 23.3. The third-order valence-corrected chi connectivity index (χ3v) is 11.0. The molecule has 0 bridgehead atoms. The Bertz CT molecular complexity index is 2150. The van der Waals surface area contributed by atoms with Gasteiger partial charge in [0, 0.05) is 24.6 Å². The second-order valence-electron chi connectivity index (χ2n) is 14.9. The second-order valence-corrected chi connectivity index (χ2v) is 14.9. The van der Waals surface area contributed by atoms with E-state index in [0.717, 1.165) is 44.5 Å². The molecule has 11 nitrogen and oxygen atoms in total. The average molecular weight is 784 g/mol. The number of nitrogens with zero attached hydrogens (tertiary/aromatic N) is 2. The van der Waals surface area contributed by atoms with E-state index >= 15 is 0 Å². The topological polar surface area (TPSA) is 138 Å². The lowest BCUT2D eigenvalue weighted by molar-refractivity contribution is -0.253. The number of carbonyl (C=O) groups excluding carboxylic acids is 3. The fraction of sp³-hybridized carbons (Fsp3) is 0.298. The van der Waals surface area contributed by atoms with Crippen molar-refractivity contribution in [3.8, 4) is 11.1 Å². The van der Waals surface area contributed by atoms with E-state index in [1.54, 1.807) is 0 Å². The van der Waals surface area contributed by atoms with Gasteiger partial charge in [-0.25, -0.2) is 4.79 Å². The molecule has 2 aliphatic heterocycles. The van der Waals surface area contributed by atoms with Gasteiger partial charge >= 0.3 is 6.09 Å². The van der Waals surface area contributed by atoms with Crippen molar-refractivity contribution in [3.63, 3.8) is 0 Å². The molecular formula is C47H49N3O8. The van der Waals surface area contributed by atoms with Crippen LogP contribution in [0.15, 0.2) is 133 Å². The van der Waals surface area contributed by atoms with Crippen LogP contribution >= 0.6 is 0 Å². The van der Waals surface area contributed by atoms with Crippen molar-refractivity contribution in [2.24, 2.45) is 0 Å². The number of likely N-dealkylation sites (tertiary alicyclic amines) is 1. The summed E-state index contributed by atoms with van der Waals surface area (Å²) >= 11 is 0. The highest BCUT2D eigenvalue weighted by Gasteiger charge is 2.40. The van der Waals surface area contributed by atoms with Crippen LogP contribution < -0.4 is 5.32 Å². The Morgan fingerprint density at radius 1 is 0.845 bits per heavy atom. The van der Waals surface area contributed by atoms with Gasteiger partial charge < -0.3 is 29.7 Å². The highest BCUT2D eigenvalue weighted by atomic mass is 16.7. The first-order chi connectivity index (χ1) is 28.2. The molecule has 2 aliphatic rings. The molecule has 2 saturated heterocycles. The molecule has 0 saturated carbocycles. The van der Waals surface area contributed by atoms with Crippen LogP contribution in [0.3, 0.4) is 0 Å². The molecule has 58 heavy (non-hydrogen) atoms. The van der Waals surface area contributed by atoms with Crippen LogP contribution in [0.4, 0.5) is 4.79 Å². The van der Waals surface area contributed by atoms with Gasteiger partial charge in [-0.2, -0.15) is 0 Å². The van der Waals surface area contributed by atoms with Crippen LogP contribution in [-0.2, 0) is 43.6 Å². The Hall–Kier alpha value is -5.69. The number of nitrogens with one attached hydrogen (secondary N) is 1. The minimum Gasteiger partial charge on any atom is -0.445 e. The summed E-state index contributed by atoms with van der Waals surface area (Å²) < 4.78 is 18.5. The molecular weight excluding hydrogens is 735 g/mol. The van der Waals surface area contributed by atoms with Gasteiger partial charge in [0.15, 0.2) is 6.29 Å². The first kappa shape index (κ1) is 40.5. The number of hydrogen-bond acceptors (Lipinski definition) is 9. The maximum atomic E-state index is 13.4. The van der Waals surface area contributed by atoms with Crippen LogP contribution in [0.5, 0.6) is 0 Å². The van der Waals surface area contributed by atoms with E-state index in [-0.39, 0.29) is 50.3 Å². The van der Waals surface area contributed by atoms with E-state index in [1.165, 1.54) is 4.90 Å². The molecule has 0 aromatic heterocycles. The van der Waals surface area contributed by atoms with Crippen LogP contribution in [0.25, 0.3) is 11.1 Å². The van der Waals surface area contributed by atoms with Crippen LogP contribution in [-0.4, -0.2) is 69.7 Å². The summed E-state index contributed by atoms with van der Waals surface area (Å²) in [5.74, 6) is -0.858. The zero-order chi connectivity index (χ0) is 40.6. The molecule has 300 valence electrons. The Labute approximate surface area is 338 Å². The van der Waals surface area contributed by atoms with Gasteiger partial charge in [-0.1, -0.05) is 133 Å². The average Bonchev–Trinajstić information content (AvgIpc) is 3.52. The second kappa shape index (κ2) is 18.7. The summed E-state index contributed by atoms with van der Waals surface area (Å²) in [7, 11) is 1.99. The van der Waals surface area contributed by atoms with Crippen LogP contribution in [0.2, 0.25) is 0 Å². The van der Waals surface area contributed by atoms with Gasteiger partial charge in [0.25, 0.3) is 5.91 Å². The van der Waals surface area contributed by atoms with E-state index in [9.17, 15) is 24.6 Å². The molecule has 3 N–H and O–H groups in total. The molecule has 5 aromatic carbocycles. The smallest absolute Gasteiger partial charge is 0.408 e. The van der Waals surface area contributed by atoms with E-state index in [2.05, 4.69) is 10.2 Å². The number of imide groups is 1. The first-order valence-electron chi connectivity index (χ1n) is 19.6. The molecule has 2 heterocycles. The molecule has 0 spiro atoms. The zero-order valence-corrected chi connectivity index (χ0v) is 32.6. The summed E-state index contributed by atoms with van der Waals surface area (Å²) in [4.78, 5) is 42.2. The van der Waals surface area contributed by atoms with Crippen molar-refractivity contribution >= 4 is 17.9 Å². The number of ether oxygens (including phenoxy) is 3. The monoisotopic (exact) mass is 783 g/mol.